The highest BCUT2D eigenvalue weighted by Gasteiger charge is 2.31. The first-order valence-electron chi connectivity index (χ1n) is 10.2. The van der Waals surface area contributed by atoms with Crippen molar-refractivity contribution in [3.8, 4) is 0 Å². The van der Waals surface area contributed by atoms with Gasteiger partial charge in [0.05, 0.1) is 0 Å². The summed E-state index contributed by atoms with van der Waals surface area (Å²) in [7, 11) is 3.82. The summed E-state index contributed by atoms with van der Waals surface area (Å²) < 4.78 is 27.2. The summed E-state index contributed by atoms with van der Waals surface area (Å²) in [6.45, 7) is 9.27. The van der Waals surface area contributed by atoms with Crippen LogP contribution in [-0.4, -0.2) is 36.7 Å². The average Bonchev–Trinajstić information content (AvgIpc) is 3.05. The molecule has 1 aliphatic heterocycles. The Kier molecular flexibility index (Phi) is 8.70. The summed E-state index contributed by atoms with van der Waals surface area (Å²) in [5.74, 6) is -1.41. The molecule has 2 N–H and O–H groups in total. The van der Waals surface area contributed by atoms with Gasteiger partial charge in [0.15, 0.2) is 11.7 Å². The number of hydrogen-bond acceptors (Lipinski definition) is 4. The van der Waals surface area contributed by atoms with Gasteiger partial charge < -0.3 is 15.2 Å². The molecule has 0 bridgehead atoms. The Labute approximate surface area is 174 Å². The third-order valence-corrected chi connectivity index (χ3v) is 5.39. The zero-order chi connectivity index (χ0) is 21.4. The lowest BCUT2D eigenvalue weighted by Crippen LogP contribution is -2.42. The number of hydrazine groups is 1. The van der Waals surface area contributed by atoms with Gasteiger partial charge in [-0.05, 0) is 37.3 Å². The van der Waals surface area contributed by atoms with Crippen LogP contribution in [0.15, 0.2) is 72.3 Å². The van der Waals surface area contributed by atoms with Crippen LogP contribution in [0.4, 0.5) is 8.78 Å². The molecule has 2 unspecified atom stereocenters. The van der Waals surface area contributed by atoms with Crippen molar-refractivity contribution in [3.05, 3.63) is 72.3 Å². The molecule has 0 spiro atoms. The van der Waals surface area contributed by atoms with Crippen LogP contribution in [-0.2, 0) is 0 Å². The van der Waals surface area contributed by atoms with Crippen LogP contribution in [0.25, 0.3) is 0 Å². The fourth-order valence-corrected chi connectivity index (χ4v) is 3.26. The molecule has 2 rings (SSSR count). The van der Waals surface area contributed by atoms with E-state index in [9.17, 15) is 8.78 Å². The summed E-state index contributed by atoms with van der Waals surface area (Å²) in [5.41, 5.74) is 5.29. The smallest absolute Gasteiger partial charge is 0.158 e. The van der Waals surface area contributed by atoms with E-state index in [0.29, 0.717) is 12.5 Å². The van der Waals surface area contributed by atoms with Crippen LogP contribution in [0.2, 0.25) is 0 Å². The summed E-state index contributed by atoms with van der Waals surface area (Å²) in [6.07, 6.45) is 14.8. The first-order valence-corrected chi connectivity index (χ1v) is 10.2. The minimum Gasteiger partial charge on any atom is -0.366 e. The molecule has 0 saturated heterocycles. The Hall–Kier alpha value is -2.34. The van der Waals surface area contributed by atoms with E-state index < -0.39 is 11.7 Å². The Morgan fingerprint density at radius 2 is 2.00 bits per heavy atom. The number of nitrogens with one attached hydrogen (secondary N) is 2. The van der Waals surface area contributed by atoms with Crippen LogP contribution < -0.4 is 10.7 Å². The van der Waals surface area contributed by atoms with E-state index >= 15 is 0 Å². The Balaban J connectivity index is 2.05. The van der Waals surface area contributed by atoms with Gasteiger partial charge in [-0.1, -0.05) is 44.2 Å². The first-order chi connectivity index (χ1) is 13.8. The van der Waals surface area contributed by atoms with Crippen molar-refractivity contribution >= 4 is 0 Å². The van der Waals surface area contributed by atoms with Gasteiger partial charge in [0, 0.05) is 44.7 Å². The summed E-state index contributed by atoms with van der Waals surface area (Å²) in [5, 5.41) is 5.46. The van der Waals surface area contributed by atoms with Gasteiger partial charge in [-0.25, -0.2) is 14.2 Å². The maximum atomic E-state index is 13.6. The molecule has 0 aromatic heterocycles. The van der Waals surface area contributed by atoms with Gasteiger partial charge in [-0.3, -0.25) is 0 Å². The number of halogens is 2. The van der Waals surface area contributed by atoms with Gasteiger partial charge in [-0.15, -0.1) is 0 Å². The second-order valence-electron chi connectivity index (χ2n) is 7.65. The highest BCUT2D eigenvalue weighted by Crippen LogP contribution is 2.29. The Bertz CT molecular complexity index is 698. The molecule has 2 atom stereocenters. The van der Waals surface area contributed by atoms with E-state index in [2.05, 4.69) is 48.3 Å². The minimum atomic E-state index is -0.828. The maximum absolute atomic E-state index is 13.6. The topological polar surface area (TPSA) is 30.5 Å². The highest BCUT2D eigenvalue weighted by molar-refractivity contribution is 5.31. The molecule has 0 radical (unpaired) electrons. The van der Waals surface area contributed by atoms with Gasteiger partial charge in [0.1, 0.15) is 6.17 Å². The fourth-order valence-electron chi connectivity index (χ4n) is 3.26. The van der Waals surface area contributed by atoms with Crippen molar-refractivity contribution in [2.24, 2.45) is 11.8 Å². The molecule has 1 aliphatic carbocycles. The number of hydrogen-bond donors (Lipinski definition) is 2. The van der Waals surface area contributed by atoms with Crippen molar-refractivity contribution in [1.82, 2.24) is 20.7 Å². The van der Waals surface area contributed by atoms with E-state index in [1.807, 2.05) is 25.3 Å². The normalized spacial score (nSPS) is 20.8. The van der Waals surface area contributed by atoms with Crippen LogP contribution in [0.5, 0.6) is 0 Å². The molecule has 2 aliphatic rings. The second kappa shape index (κ2) is 11.0. The predicted molar refractivity (Wildman–Crippen MR) is 117 cm³/mol. The Morgan fingerprint density at radius 3 is 2.59 bits per heavy atom. The standard InChI is InChI=1S/C23H34F2N4/c1-6-18(3)22-16-29(15-17(2)9-7-8-14-28(5)26-4)23(27-22)19-10-12-20(24)21(25)13-11-19/h8,10-14,16,18-19,23,26-27H,2,6-7,9,15H2,1,3-5H3/b14-8-. The van der Waals surface area contributed by atoms with Crippen molar-refractivity contribution < 1.29 is 8.78 Å². The first kappa shape index (κ1) is 22.9. The molecule has 0 saturated carbocycles. The largest absolute Gasteiger partial charge is 0.366 e. The lowest BCUT2D eigenvalue weighted by Gasteiger charge is -2.30. The van der Waals surface area contributed by atoms with Gasteiger partial charge in [0.2, 0.25) is 0 Å². The van der Waals surface area contributed by atoms with E-state index in [-0.39, 0.29) is 12.1 Å². The van der Waals surface area contributed by atoms with Gasteiger partial charge in [0.25, 0.3) is 0 Å². The number of rotatable bonds is 10. The highest BCUT2D eigenvalue weighted by atomic mass is 19.2. The second-order valence-corrected chi connectivity index (χ2v) is 7.65. The summed E-state index contributed by atoms with van der Waals surface area (Å²) in [4.78, 5) is 2.20. The van der Waals surface area contributed by atoms with Gasteiger partial charge in [-0.2, -0.15) is 0 Å². The molecule has 29 heavy (non-hydrogen) atoms. The summed E-state index contributed by atoms with van der Waals surface area (Å²) in [6, 6.07) is 0. The molecular weight excluding hydrogens is 370 g/mol. The van der Waals surface area contributed by atoms with Crippen molar-refractivity contribution in [1.29, 1.82) is 0 Å². The molecule has 6 heteroatoms. The predicted octanol–water partition coefficient (Wildman–Crippen LogP) is 4.91. The fraction of sp³-hybridized carbons (Fsp3) is 0.478. The monoisotopic (exact) mass is 404 g/mol. The summed E-state index contributed by atoms with van der Waals surface area (Å²) >= 11 is 0. The van der Waals surface area contributed by atoms with Gasteiger partial charge >= 0.3 is 0 Å². The van der Waals surface area contributed by atoms with E-state index in [0.717, 1.165) is 30.5 Å². The number of allylic oxidation sites excluding steroid dienone is 6. The van der Waals surface area contributed by atoms with Crippen LogP contribution in [0.1, 0.15) is 33.1 Å². The maximum Gasteiger partial charge on any atom is 0.158 e. The van der Waals surface area contributed by atoms with E-state index in [1.54, 1.807) is 12.2 Å². The van der Waals surface area contributed by atoms with E-state index in [4.69, 9.17) is 0 Å². The quantitative estimate of drug-likeness (QED) is 0.400. The molecule has 1 heterocycles. The molecule has 4 nitrogen and oxygen atoms in total. The third kappa shape index (κ3) is 6.60. The molecule has 0 amide bonds. The van der Waals surface area contributed by atoms with Crippen molar-refractivity contribution in [3.63, 3.8) is 0 Å². The zero-order valence-corrected chi connectivity index (χ0v) is 18.0. The molecular formula is C23H34F2N4. The lowest BCUT2D eigenvalue weighted by molar-refractivity contribution is 0.260. The molecule has 0 aromatic rings. The van der Waals surface area contributed by atoms with Crippen LogP contribution in [0, 0.1) is 11.8 Å². The molecule has 0 aromatic carbocycles. The molecule has 160 valence electrons. The van der Waals surface area contributed by atoms with Crippen LogP contribution in [0.3, 0.4) is 0 Å². The van der Waals surface area contributed by atoms with Crippen molar-refractivity contribution in [2.45, 2.75) is 39.3 Å². The van der Waals surface area contributed by atoms with E-state index in [1.165, 1.54) is 12.2 Å². The lowest BCUT2D eigenvalue weighted by atomic mass is 10.0. The Morgan fingerprint density at radius 1 is 1.34 bits per heavy atom. The zero-order valence-electron chi connectivity index (χ0n) is 18.0. The minimum absolute atomic E-state index is 0.0899. The molecule has 0 fully saturated rings. The number of nitrogens with zero attached hydrogens (tertiary/aromatic N) is 2. The van der Waals surface area contributed by atoms with Crippen LogP contribution >= 0.6 is 0 Å². The SMILES string of the molecule is C=C(CC/C=C\N(C)NC)CN1C=C(C(C)CC)NC1C1C=CC(F)=C(F)C=C1. The average molecular weight is 405 g/mol. The third-order valence-electron chi connectivity index (χ3n) is 5.39. The van der Waals surface area contributed by atoms with Crippen molar-refractivity contribution in [2.75, 3.05) is 20.6 Å².